The lowest BCUT2D eigenvalue weighted by molar-refractivity contribution is -0.142. The van der Waals surface area contributed by atoms with Gasteiger partial charge in [-0.15, -0.1) is 0 Å². The van der Waals surface area contributed by atoms with Crippen molar-refractivity contribution in [3.63, 3.8) is 0 Å². The number of ether oxygens (including phenoxy) is 4. The Bertz CT molecular complexity index is 1160. The predicted octanol–water partition coefficient (Wildman–Crippen LogP) is 5.14. The first-order valence-electron chi connectivity index (χ1n) is 13.9. The van der Waals surface area contributed by atoms with E-state index in [1.165, 1.54) is 12.5 Å². The van der Waals surface area contributed by atoms with Crippen LogP contribution in [-0.2, 0) is 33.3 Å². The van der Waals surface area contributed by atoms with Crippen LogP contribution < -0.4 is 0 Å². The molecule has 3 N–H and O–H groups in total. The van der Waals surface area contributed by atoms with E-state index in [2.05, 4.69) is 43.5 Å². The molecule has 0 amide bonds. The molecule has 2 fully saturated rings. The second-order valence-corrected chi connectivity index (χ2v) is 10.00. The summed E-state index contributed by atoms with van der Waals surface area (Å²) in [5, 5.41) is 26.2. The highest BCUT2D eigenvalue weighted by Gasteiger charge is 2.23. The molecular weight excluding hydrogens is 568 g/mol. The Labute approximate surface area is 260 Å². The fraction of sp³-hybridized carbons (Fsp3) is 0.382. The number of aliphatic carboxylic acids is 1. The van der Waals surface area contributed by atoms with Crippen LogP contribution in [0.2, 0.25) is 0 Å². The maximum atomic E-state index is 11.0. The monoisotopic (exact) mass is 614 g/mol. The third-order valence-corrected chi connectivity index (χ3v) is 5.08. The minimum Gasteiger partial charge on any atom is -0.478 e. The molecule has 0 saturated carbocycles. The molecule has 242 valence electrons. The zero-order valence-electron chi connectivity index (χ0n) is 26.2. The zero-order valence-corrected chi connectivity index (χ0v) is 26.2. The lowest BCUT2D eigenvalue weighted by Crippen LogP contribution is -2.15. The molecule has 0 aliphatic carbocycles. The van der Waals surface area contributed by atoms with E-state index in [1.807, 2.05) is 36.4 Å². The Morgan fingerprint density at radius 2 is 1.18 bits per heavy atom. The van der Waals surface area contributed by atoms with Crippen LogP contribution >= 0.6 is 0 Å². The molecule has 0 aromatic heterocycles. The first kappa shape index (κ1) is 39.9. The summed E-state index contributed by atoms with van der Waals surface area (Å²) in [4.78, 5) is 31.3. The van der Waals surface area contributed by atoms with E-state index in [4.69, 9.17) is 24.4 Å². The van der Waals surface area contributed by atoms with Crippen molar-refractivity contribution in [2.45, 2.75) is 59.0 Å². The van der Waals surface area contributed by atoms with Crippen molar-refractivity contribution in [3.8, 4) is 0 Å². The van der Waals surface area contributed by atoms with Gasteiger partial charge in [-0.05, 0) is 45.7 Å². The van der Waals surface area contributed by atoms with Crippen molar-refractivity contribution in [3.05, 3.63) is 108 Å². The largest absolute Gasteiger partial charge is 0.478 e. The van der Waals surface area contributed by atoms with E-state index in [1.54, 1.807) is 32.9 Å². The average molecular weight is 615 g/mol. The summed E-state index contributed by atoms with van der Waals surface area (Å²) >= 11 is 0. The van der Waals surface area contributed by atoms with Crippen molar-refractivity contribution in [2.24, 2.45) is 0 Å². The van der Waals surface area contributed by atoms with E-state index in [-0.39, 0.29) is 18.8 Å². The number of epoxide rings is 2. The van der Waals surface area contributed by atoms with Crippen molar-refractivity contribution >= 4 is 17.9 Å². The zero-order chi connectivity index (χ0) is 33.7. The molecule has 10 nitrogen and oxygen atoms in total. The van der Waals surface area contributed by atoms with Crippen molar-refractivity contribution < 1.29 is 48.7 Å². The Morgan fingerprint density at radius 1 is 0.795 bits per heavy atom. The van der Waals surface area contributed by atoms with Gasteiger partial charge in [0.1, 0.15) is 25.4 Å². The molecular formula is C34H46O10. The third kappa shape index (κ3) is 22.5. The first-order valence-corrected chi connectivity index (χ1v) is 13.9. The standard InChI is InChI=1S/C12H14O3.C8H8O.C7H12O3.C4H6O2.C3H6O/c1-9(2)12(14)15-8-11(13)10-6-4-3-5-7-10;1-2-4-7(5-3-1)8-6-9-8;1-5(2)7(9)10-4-6(3)8;1-3(2)4(5)6;1-3-2-4-3/h3-7,11,13H,1,8H2,2H3;1-5,8H,6H2;6,8H,1,4H2,2-3H3;1H2,2H3,(H,5,6);3H,2H2,1H3. The molecule has 0 bridgehead atoms. The molecule has 0 radical (unpaired) electrons. The van der Waals surface area contributed by atoms with Crippen LogP contribution in [-0.4, -0.2) is 71.9 Å². The number of aliphatic hydroxyl groups is 2. The number of carbonyl (C=O) groups is 3. The van der Waals surface area contributed by atoms with Gasteiger partial charge in [0.15, 0.2) is 0 Å². The van der Waals surface area contributed by atoms with Gasteiger partial charge in [0.25, 0.3) is 0 Å². The van der Waals surface area contributed by atoms with E-state index >= 15 is 0 Å². The van der Waals surface area contributed by atoms with Gasteiger partial charge in [0.05, 0.1) is 25.4 Å². The van der Waals surface area contributed by atoms with Gasteiger partial charge in [-0.25, -0.2) is 14.4 Å². The lowest BCUT2D eigenvalue weighted by Gasteiger charge is -2.11. The molecule has 2 aromatic carbocycles. The molecule has 2 aliphatic heterocycles. The molecule has 10 heteroatoms. The number of hydrogen-bond acceptors (Lipinski definition) is 9. The molecule has 2 heterocycles. The number of carboxylic acids is 1. The highest BCUT2D eigenvalue weighted by molar-refractivity contribution is 5.87. The number of carboxylic acid groups (broad SMARTS) is 1. The summed E-state index contributed by atoms with van der Waals surface area (Å²) in [6, 6.07) is 19.3. The van der Waals surface area contributed by atoms with Crippen LogP contribution in [0.3, 0.4) is 0 Å². The molecule has 44 heavy (non-hydrogen) atoms. The van der Waals surface area contributed by atoms with Crippen LogP contribution in [0.15, 0.2) is 97.1 Å². The number of hydrogen-bond donors (Lipinski definition) is 3. The summed E-state index contributed by atoms with van der Waals surface area (Å²) in [6.45, 7) is 20.0. The molecule has 0 spiro atoms. The summed E-state index contributed by atoms with van der Waals surface area (Å²) in [5.74, 6) is -1.87. The SMILES string of the molecule is C=C(C)C(=O)O.C=C(C)C(=O)OCC(C)O.C=C(C)C(=O)OCC(O)c1ccccc1.CC1CO1.c1ccc(C2CO2)cc1. The van der Waals surface area contributed by atoms with E-state index < -0.39 is 30.1 Å². The molecule has 2 aromatic rings. The Kier molecular flexibility index (Phi) is 20.4. The van der Waals surface area contributed by atoms with Crippen LogP contribution in [0.25, 0.3) is 0 Å². The highest BCUT2D eigenvalue weighted by Crippen LogP contribution is 2.28. The van der Waals surface area contributed by atoms with Crippen LogP contribution in [0.5, 0.6) is 0 Å². The van der Waals surface area contributed by atoms with Gasteiger partial charge in [-0.1, -0.05) is 80.4 Å². The molecule has 4 unspecified atom stereocenters. The normalized spacial score (nSPS) is 16.3. The van der Waals surface area contributed by atoms with Gasteiger partial charge in [0, 0.05) is 16.7 Å². The molecule has 4 rings (SSSR count). The van der Waals surface area contributed by atoms with Crippen LogP contribution in [0.1, 0.15) is 58.0 Å². The smallest absolute Gasteiger partial charge is 0.333 e. The Balaban J connectivity index is 0.000000559. The quantitative estimate of drug-likeness (QED) is 0.196. The molecule has 4 atom stereocenters. The van der Waals surface area contributed by atoms with Crippen LogP contribution in [0.4, 0.5) is 0 Å². The Morgan fingerprint density at radius 3 is 1.50 bits per heavy atom. The fourth-order valence-corrected chi connectivity index (χ4v) is 2.37. The van der Waals surface area contributed by atoms with Gasteiger partial charge in [-0.2, -0.15) is 0 Å². The van der Waals surface area contributed by atoms with E-state index in [0.717, 1.165) is 18.8 Å². The Hall–Kier alpha value is -4.09. The maximum absolute atomic E-state index is 11.0. The lowest BCUT2D eigenvalue weighted by atomic mass is 10.1. The predicted molar refractivity (Wildman–Crippen MR) is 168 cm³/mol. The number of benzene rings is 2. The second kappa shape index (κ2) is 22.4. The minimum absolute atomic E-state index is 0.0334. The highest BCUT2D eigenvalue weighted by atomic mass is 16.6. The summed E-state index contributed by atoms with van der Waals surface area (Å²) in [6.07, 6.45) is -0.399. The summed E-state index contributed by atoms with van der Waals surface area (Å²) in [5.41, 5.74) is 2.88. The molecule has 2 saturated heterocycles. The number of esters is 2. The number of carbonyl (C=O) groups excluding carboxylic acids is 2. The minimum atomic E-state index is -0.935. The fourth-order valence-electron chi connectivity index (χ4n) is 2.37. The van der Waals surface area contributed by atoms with E-state index in [9.17, 15) is 19.5 Å². The topological polar surface area (TPSA) is 155 Å². The van der Waals surface area contributed by atoms with Gasteiger partial charge < -0.3 is 34.3 Å². The van der Waals surface area contributed by atoms with Crippen LogP contribution in [0, 0.1) is 0 Å². The van der Waals surface area contributed by atoms with Gasteiger partial charge in [-0.3, -0.25) is 0 Å². The van der Waals surface area contributed by atoms with Crippen molar-refractivity contribution in [2.75, 3.05) is 26.4 Å². The van der Waals surface area contributed by atoms with E-state index in [0.29, 0.717) is 23.4 Å². The van der Waals surface area contributed by atoms with Gasteiger partial charge in [0.2, 0.25) is 0 Å². The summed E-state index contributed by atoms with van der Waals surface area (Å²) in [7, 11) is 0. The van der Waals surface area contributed by atoms with Crippen molar-refractivity contribution in [1.29, 1.82) is 0 Å². The third-order valence-electron chi connectivity index (χ3n) is 5.08. The second-order valence-electron chi connectivity index (χ2n) is 10.00. The first-order chi connectivity index (χ1) is 20.6. The van der Waals surface area contributed by atoms with Crippen molar-refractivity contribution in [1.82, 2.24) is 0 Å². The van der Waals surface area contributed by atoms with Gasteiger partial charge >= 0.3 is 17.9 Å². The summed E-state index contributed by atoms with van der Waals surface area (Å²) < 4.78 is 19.2. The number of aliphatic hydroxyl groups excluding tert-OH is 2. The number of rotatable bonds is 9. The average Bonchev–Trinajstić information content (AvgIpc) is 3.93. The maximum Gasteiger partial charge on any atom is 0.333 e. The molecule has 2 aliphatic rings.